The van der Waals surface area contributed by atoms with Crippen LogP contribution in [0.1, 0.15) is 39.0 Å². The van der Waals surface area contributed by atoms with Crippen molar-refractivity contribution < 1.29 is 14.6 Å². The van der Waals surface area contributed by atoms with Crippen LogP contribution in [0.25, 0.3) is 0 Å². The number of rotatable bonds is 4. The highest BCUT2D eigenvalue weighted by atomic mass is 16.5. The summed E-state index contributed by atoms with van der Waals surface area (Å²) < 4.78 is 5.63. The second kappa shape index (κ2) is 3.54. The fraction of sp³-hybridized carbons (Fsp3) is 0.909. The standard InChI is InChI=1S/C11H18O3/c1-2-5-11(10(12)13)6-7-14-9(11)8-3-4-8/h8-9H,2-7H2,1H3,(H,12,13). The summed E-state index contributed by atoms with van der Waals surface area (Å²) in [7, 11) is 0. The minimum absolute atomic E-state index is 0.0000463. The summed E-state index contributed by atoms with van der Waals surface area (Å²) in [6, 6.07) is 0. The smallest absolute Gasteiger partial charge is 0.312 e. The van der Waals surface area contributed by atoms with Crippen LogP contribution in [-0.4, -0.2) is 23.8 Å². The number of aliphatic carboxylic acids is 1. The average molecular weight is 198 g/mol. The zero-order valence-electron chi connectivity index (χ0n) is 8.66. The topological polar surface area (TPSA) is 46.5 Å². The van der Waals surface area contributed by atoms with E-state index in [-0.39, 0.29) is 6.10 Å². The van der Waals surface area contributed by atoms with Gasteiger partial charge in [0.15, 0.2) is 0 Å². The summed E-state index contributed by atoms with van der Waals surface area (Å²) in [6.45, 7) is 2.68. The molecule has 1 saturated heterocycles. The number of ether oxygens (including phenoxy) is 1. The van der Waals surface area contributed by atoms with Gasteiger partial charge in [0.1, 0.15) is 0 Å². The molecule has 1 saturated carbocycles. The number of hydrogen-bond donors (Lipinski definition) is 1. The molecule has 2 aliphatic rings. The summed E-state index contributed by atoms with van der Waals surface area (Å²) in [4.78, 5) is 11.4. The van der Waals surface area contributed by atoms with Gasteiger partial charge in [-0.2, -0.15) is 0 Å². The van der Waals surface area contributed by atoms with E-state index in [2.05, 4.69) is 0 Å². The van der Waals surface area contributed by atoms with Gasteiger partial charge in [0.2, 0.25) is 0 Å². The first-order valence-corrected chi connectivity index (χ1v) is 5.55. The molecule has 2 rings (SSSR count). The molecule has 14 heavy (non-hydrogen) atoms. The molecule has 1 heterocycles. The van der Waals surface area contributed by atoms with E-state index in [1.54, 1.807) is 0 Å². The van der Waals surface area contributed by atoms with Crippen molar-refractivity contribution in [1.82, 2.24) is 0 Å². The van der Waals surface area contributed by atoms with Gasteiger partial charge in [0.25, 0.3) is 0 Å². The summed E-state index contributed by atoms with van der Waals surface area (Å²) >= 11 is 0. The predicted octanol–water partition coefficient (Wildman–Crippen LogP) is 2.06. The SMILES string of the molecule is CCCC1(C(=O)O)CCOC1C1CC1. The number of hydrogen-bond acceptors (Lipinski definition) is 2. The Morgan fingerprint density at radius 3 is 2.79 bits per heavy atom. The Balaban J connectivity index is 2.17. The molecule has 0 spiro atoms. The molecule has 0 aromatic heterocycles. The van der Waals surface area contributed by atoms with E-state index in [1.807, 2.05) is 6.92 Å². The van der Waals surface area contributed by atoms with Crippen LogP contribution in [0.4, 0.5) is 0 Å². The maximum absolute atomic E-state index is 11.4. The summed E-state index contributed by atoms with van der Waals surface area (Å²) in [5.41, 5.74) is -0.560. The van der Waals surface area contributed by atoms with E-state index < -0.39 is 11.4 Å². The number of carboxylic acids is 1. The van der Waals surface area contributed by atoms with Crippen LogP contribution in [0.15, 0.2) is 0 Å². The van der Waals surface area contributed by atoms with Crippen molar-refractivity contribution in [3.8, 4) is 0 Å². The van der Waals surface area contributed by atoms with Crippen LogP contribution < -0.4 is 0 Å². The van der Waals surface area contributed by atoms with Crippen LogP contribution in [0.5, 0.6) is 0 Å². The molecule has 0 aromatic carbocycles. The minimum atomic E-state index is -0.645. The van der Waals surface area contributed by atoms with E-state index in [1.165, 1.54) is 0 Å². The van der Waals surface area contributed by atoms with Crippen LogP contribution in [0.3, 0.4) is 0 Å². The van der Waals surface area contributed by atoms with Gasteiger partial charge in [-0.25, -0.2) is 0 Å². The van der Waals surface area contributed by atoms with Crippen LogP contribution >= 0.6 is 0 Å². The van der Waals surface area contributed by atoms with E-state index >= 15 is 0 Å². The van der Waals surface area contributed by atoms with Crippen LogP contribution in [0, 0.1) is 11.3 Å². The van der Waals surface area contributed by atoms with Gasteiger partial charge >= 0.3 is 5.97 Å². The van der Waals surface area contributed by atoms with Crippen molar-refractivity contribution in [3.63, 3.8) is 0 Å². The molecular formula is C11H18O3. The maximum atomic E-state index is 11.4. The fourth-order valence-corrected chi connectivity index (χ4v) is 2.70. The lowest BCUT2D eigenvalue weighted by molar-refractivity contribution is -0.154. The quantitative estimate of drug-likeness (QED) is 0.752. The molecule has 2 fully saturated rings. The third-order valence-electron chi connectivity index (χ3n) is 3.56. The Morgan fingerprint density at radius 2 is 2.29 bits per heavy atom. The van der Waals surface area contributed by atoms with Gasteiger partial charge in [0.05, 0.1) is 11.5 Å². The van der Waals surface area contributed by atoms with E-state index in [4.69, 9.17) is 4.74 Å². The van der Waals surface area contributed by atoms with Crippen molar-refractivity contribution >= 4 is 5.97 Å². The average Bonchev–Trinajstić information content (AvgIpc) is 2.89. The lowest BCUT2D eigenvalue weighted by Gasteiger charge is -2.29. The first-order chi connectivity index (χ1) is 6.70. The van der Waals surface area contributed by atoms with Crippen molar-refractivity contribution in [2.45, 2.75) is 45.1 Å². The molecule has 3 nitrogen and oxygen atoms in total. The Labute approximate surface area is 84.4 Å². The molecule has 0 bridgehead atoms. The number of carbonyl (C=O) groups is 1. The zero-order chi connectivity index (χ0) is 10.2. The van der Waals surface area contributed by atoms with Crippen LogP contribution in [-0.2, 0) is 9.53 Å². The van der Waals surface area contributed by atoms with E-state index in [0.29, 0.717) is 18.9 Å². The molecule has 0 amide bonds. The first-order valence-electron chi connectivity index (χ1n) is 5.55. The summed E-state index contributed by atoms with van der Waals surface area (Å²) in [5.74, 6) is -0.117. The van der Waals surface area contributed by atoms with E-state index in [0.717, 1.165) is 25.7 Å². The molecule has 2 unspecified atom stereocenters. The molecular weight excluding hydrogens is 180 g/mol. The Bertz CT molecular complexity index is 235. The molecule has 0 aromatic rings. The molecule has 1 N–H and O–H groups in total. The molecule has 3 heteroatoms. The highest BCUT2D eigenvalue weighted by molar-refractivity contribution is 5.76. The van der Waals surface area contributed by atoms with Crippen molar-refractivity contribution in [2.24, 2.45) is 11.3 Å². The third kappa shape index (κ3) is 1.44. The summed E-state index contributed by atoms with van der Waals surface area (Å²) in [6.07, 6.45) is 4.71. The third-order valence-corrected chi connectivity index (χ3v) is 3.56. The fourth-order valence-electron chi connectivity index (χ4n) is 2.70. The van der Waals surface area contributed by atoms with Gasteiger partial charge in [-0.1, -0.05) is 13.3 Å². The normalized spacial score (nSPS) is 37.4. The highest BCUT2D eigenvalue weighted by Gasteiger charge is 2.55. The molecule has 1 aliphatic carbocycles. The first kappa shape index (κ1) is 9.97. The predicted molar refractivity (Wildman–Crippen MR) is 52.1 cm³/mol. The zero-order valence-corrected chi connectivity index (χ0v) is 8.66. The van der Waals surface area contributed by atoms with Gasteiger partial charge in [-0.3, -0.25) is 4.79 Å². The van der Waals surface area contributed by atoms with Gasteiger partial charge in [0, 0.05) is 6.61 Å². The van der Waals surface area contributed by atoms with Gasteiger partial charge in [-0.15, -0.1) is 0 Å². The molecule has 0 radical (unpaired) electrons. The Morgan fingerprint density at radius 1 is 1.57 bits per heavy atom. The second-order valence-corrected chi connectivity index (χ2v) is 4.59. The summed E-state index contributed by atoms with van der Waals surface area (Å²) in [5, 5.41) is 9.36. The van der Waals surface area contributed by atoms with Gasteiger partial charge < -0.3 is 9.84 Å². The highest BCUT2D eigenvalue weighted by Crippen LogP contribution is 2.50. The molecule has 80 valence electrons. The monoisotopic (exact) mass is 198 g/mol. The van der Waals surface area contributed by atoms with Crippen molar-refractivity contribution in [2.75, 3.05) is 6.61 Å². The second-order valence-electron chi connectivity index (χ2n) is 4.59. The lowest BCUT2D eigenvalue weighted by Crippen LogP contribution is -2.40. The largest absolute Gasteiger partial charge is 0.481 e. The maximum Gasteiger partial charge on any atom is 0.312 e. The number of carboxylic acid groups (broad SMARTS) is 1. The van der Waals surface area contributed by atoms with Crippen LogP contribution in [0.2, 0.25) is 0 Å². The van der Waals surface area contributed by atoms with Crippen molar-refractivity contribution in [1.29, 1.82) is 0 Å². The van der Waals surface area contributed by atoms with Crippen molar-refractivity contribution in [3.05, 3.63) is 0 Å². The Kier molecular flexibility index (Phi) is 2.52. The Hall–Kier alpha value is -0.570. The lowest BCUT2D eigenvalue weighted by atomic mass is 9.75. The minimum Gasteiger partial charge on any atom is -0.481 e. The van der Waals surface area contributed by atoms with E-state index in [9.17, 15) is 9.90 Å². The molecule has 2 atom stereocenters. The molecule has 1 aliphatic heterocycles. The van der Waals surface area contributed by atoms with Gasteiger partial charge in [-0.05, 0) is 31.6 Å².